The van der Waals surface area contributed by atoms with Crippen LogP contribution in [0.4, 0.5) is 0 Å². The molecule has 0 saturated heterocycles. The SMILES string of the molecule is CCC=Cc1c(C)c(C)cc2c1C(=O)OC2=O. The van der Waals surface area contributed by atoms with Gasteiger partial charge in [0, 0.05) is 0 Å². The van der Waals surface area contributed by atoms with Crippen LogP contribution in [0, 0.1) is 13.8 Å². The number of rotatable bonds is 2. The minimum atomic E-state index is -0.542. The number of fused-ring (bicyclic) bond motifs is 1. The monoisotopic (exact) mass is 230 g/mol. The molecule has 0 aromatic heterocycles. The molecule has 2 rings (SSSR count). The number of esters is 2. The second-order valence-electron chi connectivity index (χ2n) is 4.14. The third-order valence-electron chi connectivity index (χ3n) is 3.02. The van der Waals surface area contributed by atoms with E-state index >= 15 is 0 Å². The summed E-state index contributed by atoms with van der Waals surface area (Å²) in [7, 11) is 0. The number of carbonyl (C=O) groups is 2. The molecular formula is C14H14O3. The summed E-state index contributed by atoms with van der Waals surface area (Å²) in [6, 6.07) is 1.72. The van der Waals surface area contributed by atoms with Gasteiger partial charge in [0.2, 0.25) is 0 Å². The Morgan fingerprint density at radius 2 is 1.94 bits per heavy atom. The summed E-state index contributed by atoms with van der Waals surface area (Å²) < 4.78 is 4.65. The molecule has 3 heteroatoms. The molecule has 0 fully saturated rings. The summed E-state index contributed by atoms with van der Waals surface area (Å²) in [5.41, 5.74) is 3.60. The van der Waals surface area contributed by atoms with Crippen molar-refractivity contribution in [1.29, 1.82) is 0 Å². The van der Waals surface area contributed by atoms with E-state index in [1.807, 2.05) is 32.9 Å². The van der Waals surface area contributed by atoms with E-state index in [2.05, 4.69) is 4.74 Å². The first-order valence-electron chi connectivity index (χ1n) is 5.63. The van der Waals surface area contributed by atoms with Gasteiger partial charge < -0.3 is 4.74 Å². The molecule has 0 unspecified atom stereocenters. The van der Waals surface area contributed by atoms with Crippen LogP contribution < -0.4 is 0 Å². The van der Waals surface area contributed by atoms with Crippen LogP contribution in [-0.2, 0) is 4.74 Å². The fourth-order valence-corrected chi connectivity index (χ4v) is 1.96. The van der Waals surface area contributed by atoms with E-state index in [0.29, 0.717) is 11.1 Å². The van der Waals surface area contributed by atoms with Gasteiger partial charge in [-0.3, -0.25) is 0 Å². The van der Waals surface area contributed by atoms with E-state index in [9.17, 15) is 9.59 Å². The maximum absolute atomic E-state index is 11.6. The first-order chi connectivity index (χ1) is 8.06. The van der Waals surface area contributed by atoms with Gasteiger partial charge in [0.05, 0.1) is 11.1 Å². The van der Waals surface area contributed by atoms with Crippen LogP contribution in [0.1, 0.15) is 50.8 Å². The number of allylic oxidation sites excluding steroid dienone is 1. The van der Waals surface area contributed by atoms with Gasteiger partial charge in [0.15, 0.2) is 0 Å². The minimum absolute atomic E-state index is 0.383. The lowest BCUT2D eigenvalue weighted by molar-refractivity contribution is 0.0443. The van der Waals surface area contributed by atoms with Crippen molar-refractivity contribution in [2.75, 3.05) is 0 Å². The number of hydrogen-bond donors (Lipinski definition) is 0. The Hall–Kier alpha value is -1.90. The van der Waals surface area contributed by atoms with Gasteiger partial charge in [-0.15, -0.1) is 0 Å². The highest BCUT2D eigenvalue weighted by atomic mass is 16.6. The molecule has 1 aliphatic heterocycles. The van der Waals surface area contributed by atoms with E-state index in [4.69, 9.17) is 0 Å². The van der Waals surface area contributed by atoms with Gasteiger partial charge in [-0.05, 0) is 43.0 Å². The largest absolute Gasteiger partial charge is 0.386 e. The van der Waals surface area contributed by atoms with Gasteiger partial charge in [-0.2, -0.15) is 0 Å². The van der Waals surface area contributed by atoms with Crippen molar-refractivity contribution < 1.29 is 14.3 Å². The number of benzene rings is 1. The standard InChI is InChI=1S/C14H14O3/c1-4-5-6-10-9(3)8(2)7-11-12(10)14(16)17-13(11)15/h5-7H,4H2,1-3H3. The molecule has 0 N–H and O–H groups in total. The molecular weight excluding hydrogens is 216 g/mol. The Balaban J connectivity index is 2.73. The van der Waals surface area contributed by atoms with E-state index in [0.717, 1.165) is 23.1 Å². The summed E-state index contributed by atoms with van der Waals surface area (Å²) in [6.07, 6.45) is 4.74. The molecule has 1 aliphatic rings. The maximum atomic E-state index is 11.6. The lowest BCUT2D eigenvalue weighted by Crippen LogP contribution is -2.00. The van der Waals surface area contributed by atoms with Crippen LogP contribution in [0.15, 0.2) is 12.1 Å². The van der Waals surface area contributed by atoms with Gasteiger partial charge in [-0.1, -0.05) is 19.1 Å². The van der Waals surface area contributed by atoms with Crippen LogP contribution in [0.3, 0.4) is 0 Å². The van der Waals surface area contributed by atoms with Crippen LogP contribution in [0.5, 0.6) is 0 Å². The summed E-state index contributed by atoms with van der Waals surface area (Å²) in [6.45, 7) is 5.89. The highest BCUT2D eigenvalue weighted by Gasteiger charge is 2.32. The molecule has 0 atom stereocenters. The number of aryl methyl sites for hydroxylation is 1. The Morgan fingerprint density at radius 1 is 1.24 bits per heavy atom. The predicted octanol–water partition coefficient (Wildman–Crippen LogP) is 3.04. The van der Waals surface area contributed by atoms with Gasteiger partial charge >= 0.3 is 11.9 Å². The molecule has 0 spiro atoms. The van der Waals surface area contributed by atoms with Gasteiger partial charge in [0.1, 0.15) is 0 Å². The lowest BCUT2D eigenvalue weighted by Gasteiger charge is -2.08. The molecule has 0 radical (unpaired) electrons. The van der Waals surface area contributed by atoms with Crippen LogP contribution in [0.2, 0.25) is 0 Å². The summed E-state index contributed by atoms with van der Waals surface area (Å²) in [5.74, 6) is -1.08. The van der Waals surface area contributed by atoms with Crippen molar-refractivity contribution in [3.63, 3.8) is 0 Å². The average Bonchev–Trinajstić information content (AvgIpc) is 2.55. The van der Waals surface area contributed by atoms with E-state index in [-0.39, 0.29) is 0 Å². The third-order valence-corrected chi connectivity index (χ3v) is 3.02. The minimum Gasteiger partial charge on any atom is -0.386 e. The molecule has 1 aromatic rings. The fraction of sp³-hybridized carbons (Fsp3) is 0.286. The molecule has 3 nitrogen and oxygen atoms in total. The number of hydrogen-bond acceptors (Lipinski definition) is 3. The van der Waals surface area contributed by atoms with E-state index < -0.39 is 11.9 Å². The molecule has 0 amide bonds. The van der Waals surface area contributed by atoms with Crippen LogP contribution in [0.25, 0.3) is 6.08 Å². The number of cyclic esters (lactones) is 2. The second kappa shape index (κ2) is 4.17. The Kier molecular flexibility index (Phi) is 2.84. The first-order valence-corrected chi connectivity index (χ1v) is 5.63. The number of ether oxygens (including phenoxy) is 1. The van der Waals surface area contributed by atoms with Crippen molar-refractivity contribution in [3.8, 4) is 0 Å². The average molecular weight is 230 g/mol. The van der Waals surface area contributed by atoms with Crippen molar-refractivity contribution in [2.24, 2.45) is 0 Å². The second-order valence-corrected chi connectivity index (χ2v) is 4.14. The van der Waals surface area contributed by atoms with E-state index in [1.54, 1.807) is 6.07 Å². The van der Waals surface area contributed by atoms with Crippen molar-refractivity contribution in [2.45, 2.75) is 27.2 Å². The summed E-state index contributed by atoms with van der Waals surface area (Å²) in [5, 5.41) is 0. The molecule has 88 valence electrons. The van der Waals surface area contributed by atoms with Gasteiger partial charge in [-0.25, -0.2) is 9.59 Å². The molecule has 1 heterocycles. The quantitative estimate of drug-likeness (QED) is 0.579. The summed E-state index contributed by atoms with van der Waals surface area (Å²) in [4.78, 5) is 23.1. The zero-order chi connectivity index (χ0) is 12.6. The molecule has 0 aliphatic carbocycles. The first kappa shape index (κ1) is 11.6. The lowest BCUT2D eigenvalue weighted by atomic mass is 9.93. The normalized spacial score (nSPS) is 14.3. The summed E-state index contributed by atoms with van der Waals surface area (Å²) >= 11 is 0. The smallest absolute Gasteiger partial charge is 0.347 e. The topological polar surface area (TPSA) is 43.4 Å². The van der Waals surface area contributed by atoms with Crippen molar-refractivity contribution in [3.05, 3.63) is 40.0 Å². The fourth-order valence-electron chi connectivity index (χ4n) is 1.96. The molecule has 0 bridgehead atoms. The molecule has 1 aromatic carbocycles. The Morgan fingerprint density at radius 3 is 2.59 bits per heavy atom. The van der Waals surface area contributed by atoms with Crippen molar-refractivity contribution >= 4 is 18.0 Å². The predicted molar refractivity (Wildman–Crippen MR) is 65.0 cm³/mol. The van der Waals surface area contributed by atoms with Gasteiger partial charge in [0.25, 0.3) is 0 Å². The highest BCUT2D eigenvalue weighted by Crippen LogP contribution is 2.29. The highest BCUT2D eigenvalue weighted by molar-refractivity contribution is 6.16. The Labute approximate surface area is 100 Å². The molecule has 17 heavy (non-hydrogen) atoms. The number of carbonyl (C=O) groups excluding carboxylic acids is 2. The zero-order valence-electron chi connectivity index (χ0n) is 10.2. The van der Waals surface area contributed by atoms with Crippen molar-refractivity contribution in [1.82, 2.24) is 0 Å². The van der Waals surface area contributed by atoms with Crippen LogP contribution >= 0.6 is 0 Å². The third kappa shape index (κ3) is 1.78. The van der Waals surface area contributed by atoms with Crippen LogP contribution in [-0.4, -0.2) is 11.9 Å². The zero-order valence-corrected chi connectivity index (χ0v) is 10.2. The maximum Gasteiger partial charge on any atom is 0.347 e. The Bertz CT molecular complexity index is 539. The molecule has 0 saturated carbocycles. The van der Waals surface area contributed by atoms with E-state index in [1.165, 1.54) is 0 Å².